The highest BCUT2D eigenvalue weighted by Crippen LogP contribution is 2.11. The highest BCUT2D eigenvalue weighted by molar-refractivity contribution is 5.87. The molecule has 0 fully saturated rings. The SMILES string of the molecule is COC(=O)c1cnc(-c2cn(C)nn2)[nH]1. The molecule has 1 N–H and O–H groups in total. The molecule has 0 spiro atoms. The first kappa shape index (κ1) is 9.38. The van der Waals surface area contributed by atoms with Crippen LogP contribution < -0.4 is 0 Å². The first-order valence-electron chi connectivity index (χ1n) is 4.20. The molecule has 0 amide bonds. The third-order valence-corrected chi connectivity index (χ3v) is 1.83. The monoisotopic (exact) mass is 207 g/mol. The van der Waals surface area contributed by atoms with Gasteiger partial charge in [0.15, 0.2) is 5.82 Å². The van der Waals surface area contributed by atoms with E-state index in [4.69, 9.17) is 0 Å². The van der Waals surface area contributed by atoms with Gasteiger partial charge in [-0.1, -0.05) is 5.21 Å². The number of carbonyl (C=O) groups excluding carboxylic acids is 1. The molecular formula is C8H9N5O2. The molecule has 0 aromatic carbocycles. The number of hydrogen-bond acceptors (Lipinski definition) is 5. The van der Waals surface area contributed by atoms with Crippen molar-refractivity contribution in [1.29, 1.82) is 0 Å². The van der Waals surface area contributed by atoms with E-state index in [-0.39, 0.29) is 5.69 Å². The van der Waals surface area contributed by atoms with Crippen LogP contribution in [0.1, 0.15) is 10.5 Å². The third-order valence-electron chi connectivity index (χ3n) is 1.83. The molecule has 2 rings (SSSR count). The van der Waals surface area contributed by atoms with E-state index in [0.29, 0.717) is 11.5 Å². The molecule has 78 valence electrons. The highest BCUT2D eigenvalue weighted by atomic mass is 16.5. The minimum Gasteiger partial charge on any atom is -0.464 e. The molecule has 2 heterocycles. The van der Waals surface area contributed by atoms with Gasteiger partial charge >= 0.3 is 5.97 Å². The number of imidazole rings is 1. The maximum Gasteiger partial charge on any atom is 0.356 e. The average Bonchev–Trinajstić information content (AvgIpc) is 2.84. The molecule has 2 aromatic heterocycles. The number of H-pyrrole nitrogens is 1. The summed E-state index contributed by atoms with van der Waals surface area (Å²) in [5.41, 5.74) is 0.866. The van der Waals surface area contributed by atoms with Crippen molar-refractivity contribution < 1.29 is 9.53 Å². The van der Waals surface area contributed by atoms with E-state index in [0.717, 1.165) is 0 Å². The van der Waals surface area contributed by atoms with Gasteiger partial charge in [-0.3, -0.25) is 4.68 Å². The largest absolute Gasteiger partial charge is 0.464 e. The standard InChI is InChI=1S/C8H9N5O2/c1-13-4-6(11-12-13)7-9-3-5(10-7)8(14)15-2/h3-4H,1-2H3,(H,9,10). The summed E-state index contributed by atoms with van der Waals surface area (Å²) in [4.78, 5) is 17.9. The summed E-state index contributed by atoms with van der Waals surface area (Å²) >= 11 is 0. The second kappa shape index (κ2) is 3.52. The van der Waals surface area contributed by atoms with Gasteiger partial charge in [0.25, 0.3) is 0 Å². The van der Waals surface area contributed by atoms with Gasteiger partial charge in [0, 0.05) is 7.05 Å². The summed E-state index contributed by atoms with van der Waals surface area (Å²) in [6.07, 6.45) is 3.09. The minimum atomic E-state index is -0.461. The number of hydrogen-bond donors (Lipinski definition) is 1. The number of nitrogens with one attached hydrogen (secondary N) is 1. The molecule has 0 aliphatic rings. The van der Waals surface area contributed by atoms with Crippen LogP contribution in [0.25, 0.3) is 11.5 Å². The zero-order valence-corrected chi connectivity index (χ0v) is 8.26. The third kappa shape index (κ3) is 1.71. The van der Waals surface area contributed by atoms with E-state index in [9.17, 15) is 4.79 Å². The second-order valence-corrected chi connectivity index (χ2v) is 2.91. The number of aryl methyl sites for hydroxylation is 1. The fraction of sp³-hybridized carbons (Fsp3) is 0.250. The number of aromatic amines is 1. The van der Waals surface area contributed by atoms with Gasteiger partial charge in [0.1, 0.15) is 11.4 Å². The maximum absolute atomic E-state index is 11.1. The summed E-state index contributed by atoms with van der Waals surface area (Å²) < 4.78 is 6.09. The number of carbonyl (C=O) groups is 1. The molecule has 15 heavy (non-hydrogen) atoms. The molecule has 0 aliphatic heterocycles. The molecule has 0 bridgehead atoms. The minimum absolute atomic E-state index is 0.290. The molecule has 7 nitrogen and oxygen atoms in total. The Morgan fingerprint density at radius 1 is 1.60 bits per heavy atom. The maximum atomic E-state index is 11.1. The Morgan fingerprint density at radius 2 is 2.40 bits per heavy atom. The van der Waals surface area contributed by atoms with E-state index in [1.807, 2.05) is 0 Å². The molecular weight excluding hydrogens is 198 g/mol. The van der Waals surface area contributed by atoms with Crippen molar-refractivity contribution in [2.45, 2.75) is 0 Å². The summed E-state index contributed by atoms with van der Waals surface area (Å²) in [7, 11) is 3.06. The van der Waals surface area contributed by atoms with Crippen molar-refractivity contribution in [3.8, 4) is 11.5 Å². The lowest BCUT2D eigenvalue weighted by Crippen LogP contribution is -2.00. The quantitative estimate of drug-likeness (QED) is 0.700. The van der Waals surface area contributed by atoms with Crippen LogP contribution in [0.15, 0.2) is 12.4 Å². The number of aromatic nitrogens is 5. The van der Waals surface area contributed by atoms with E-state index in [1.165, 1.54) is 13.3 Å². The summed E-state index contributed by atoms with van der Waals surface area (Å²) in [6, 6.07) is 0. The number of ether oxygens (including phenoxy) is 1. The Bertz CT molecular complexity index is 487. The molecule has 0 saturated heterocycles. The predicted octanol–water partition coefficient (Wildman–Crippen LogP) is -0.00820. The van der Waals surface area contributed by atoms with Crippen molar-refractivity contribution in [2.75, 3.05) is 7.11 Å². The van der Waals surface area contributed by atoms with Crippen molar-refractivity contribution >= 4 is 5.97 Å². The lowest BCUT2D eigenvalue weighted by atomic mass is 10.4. The van der Waals surface area contributed by atoms with Gasteiger partial charge in [-0.25, -0.2) is 9.78 Å². The molecule has 0 saturated carbocycles. The molecule has 2 aromatic rings. The van der Waals surface area contributed by atoms with Gasteiger partial charge in [-0.2, -0.15) is 0 Å². The topological polar surface area (TPSA) is 85.7 Å². The number of esters is 1. The summed E-state index contributed by atoms with van der Waals surface area (Å²) in [6.45, 7) is 0. The first-order valence-corrected chi connectivity index (χ1v) is 4.20. The van der Waals surface area contributed by atoms with E-state index in [1.54, 1.807) is 17.9 Å². The van der Waals surface area contributed by atoms with E-state index < -0.39 is 5.97 Å². The molecule has 7 heteroatoms. The van der Waals surface area contributed by atoms with Gasteiger partial charge in [-0.15, -0.1) is 5.10 Å². The molecule has 0 aliphatic carbocycles. The van der Waals surface area contributed by atoms with Crippen LogP contribution in [0.5, 0.6) is 0 Å². The fourth-order valence-electron chi connectivity index (χ4n) is 1.12. The fourth-order valence-corrected chi connectivity index (χ4v) is 1.12. The first-order chi connectivity index (χ1) is 7.20. The van der Waals surface area contributed by atoms with Gasteiger partial charge in [0.05, 0.1) is 19.5 Å². The van der Waals surface area contributed by atoms with Crippen LogP contribution in [0, 0.1) is 0 Å². The van der Waals surface area contributed by atoms with Crippen LogP contribution in [0.3, 0.4) is 0 Å². The van der Waals surface area contributed by atoms with Gasteiger partial charge in [-0.05, 0) is 0 Å². The Hall–Kier alpha value is -2.18. The Kier molecular flexibility index (Phi) is 2.20. The summed E-state index contributed by atoms with van der Waals surface area (Å²) in [5.74, 6) is 0.0288. The van der Waals surface area contributed by atoms with Crippen molar-refractivity contribution in [1.82, 2.24) is 25.0 Å². The Labute approximate surface area is 85.1 Å². The second-order valence-electron chi connectivity index (χ2n) is 2.91. The summed E-state index contributed by atoms with van der Waals surface area (Å²) in [5, 5.41) is 7.61. The van der Waals surface area contributed by atoms with E-state index in [2.05, 4.69) is 25.0 Å². The Balaban J connectivity index is 2.31. The van der Waals surface area contributed by atoms with Gasteiger partial charge < -0.3 is 9.72 Å². The smallest absolute Gasteiger partial charge is 0.356 e. The number of rotatable bonds is 2. The van der Waals surface area contributed by atoms with Crippen LogP contribution in [0.2, 0.25) is 0 Å². The average molecular weight is 207 g/mol. The molecule has 0 radical (unpaired) electrons. The lowest BCUT2D eigenvalue weighted by Gasteiger charge is -1.92. The highest BCUT2D eigenvalue weighted by Gasteiger charge is 2.12. The van der Waals surface area contributed by atoms with Crippen molar-refractivity contribution in [3.63, 3.8) is 0 Å². The van der Waals surface area contributed by atoms with Crippen molar-refractivity contribution in [3.05, 3.63) is 18.1 Å². The zero-order chi connectivity index (χ0) is 10.8. The Morgan fingerprint density at radius 3 is 3.00 bits per heavy atom. The van der Waals surface area contributed by atoms with Crippen LogP contribution in [0.4, 0.5) is 0 Å². The number of methoxy groups -OCH3 is 1. The van der Waals surface area contributed by atoms with Crippen LogP contribution in [-0.4, -0.2) is 38.0 Å². The molecule has 0 atom stereocenters. The molecule has 0 unspecified atom stereocenters. The lowest BCUT2D eigenvalue weighted by molar-refractivity contribution is 0.0595. The van der Waals surface area contributed by atoms with Gasteiger partial charge in [0.2, 0.25) is 0 Å². The zero-order valence-electron chi connectivity index (χ0n) is 8.26. The normalized spacial score (nSPS) is 10.3. The van der Waals surface area contributed by atoms with E-state index >= 15 is 0 Å². The predicted molar refractivity (Wildman–Crippen MR) is 49.9 cm³/mol. The number of nitrogens with zero attached hydrogens (tertiary/aromatic N) is 4. The van der Waals surface area contributed by atoms with Crippen LogP contribution >= 0.6 is 0 Å². The van der Waals surface area contributed by atoms with Crippen LogP contribution in [-0.2, 0) is 11.8 Å². The van der Waals surface area contributed by atoms with Crippen molar-refractivity contribution in [2.24, 2.45) is 7.05 Å².